The Kier molecular flexibility index (Phi) is 4.54. The average Bonchev–Trinajstić information content (AvgIpc) is 2.27. The maximum absolute atomic E-state index is 12.1. The number of nitrogens with two attached hydrogens (primary N) is 1. The minimum absolute atomic E-state index is 0.506. The largest absolute Gasteiger partial charge is 0.710 e. The van der Waals surface area contributed by atoms with Crippen molar-refractivity contribution in [3.63, 3.8) is 0 Å². The molecule has 17 heavy (non-hydrogen) atoms. The zero-order chi connectivity index (χ0) is 13.0. The van der Waals surface area contributed by atoms with Crippen molar-refractivity contribution in [2.75, 3.05) is 24.7 Å². The van der Waals surface area contributed by atoms with Gasteiger partial charge >= 0.3 is 5.82 Å². The number of anilines is 2. The van der Waals surface area contributed by atoms with Crippen LogP contribution in [-0.2, 0) is 12.8 Å². The van der Waals surface area contributed by atoms with Crippen molar-refractivity contribution in [1.29, 1.82) is 0 Å². The monoisotopic (exact) mass is 238 g/mol. The third kappa shape index (κ3) is 2.78. The summed E-state index contributed by atoms with van der Waals surface area (Å²) in [5.41, 5.74) is 7.17. The van der Waals surface area contributed by atoms with Crippen LogP contribution in [0.15, 0.2) is 0 Å². The summed E-state index contributed by atoms with van der Waals surface area (Å²) in [7, 11) is 3.78. The van der Waals surface area contributed by atoms with E-state index < -0.39 is 0 Å². The van der Waals surface area contributed by atoms with Crippen LogP contribution >= 0.6 is 0 Å². The Balaban J connectivity index is 3.34. The smallest absolute Gasteiger partial charge is 0.304 e. The molecule has 0 amide bonds. The molecule has 0 saturated heterocycles. The molecule has 0 bridgehead atoms. The van der Waals surface area contributed by atoms with E-state index in [0.717, 1.165) is 17.6 Å². The highest BCUT2D eigenvalue weighted by Gasteiger charge is 2.22. The number of aryl methyl sites for hydroxylation is 1. The van der Waals surface area contributed by atoms with Gasteiger partial charge in [0.25, 0.3) is 5.82 Å². The van der Waals surface area contributed by atoms with E-state index in [-0.39, 0.29) is 0 Å². The van der Waals surface area contributed by atoms with Gasteiger partial charge in [-0.15, -0.1) is 0 Å². The van der Waals surface area contributed by atoms with Crippen molar-refractivity contribution in [1.82, 2.24) is 4.98 Å². The molecule has 0 aliphatic carbocycles. The number of nitrogen functional groups attached to an aromatic ring is 1. The molecule has 0 aliphatic rings. The van der Waals surface area contributed by atoms with Crippen LogP contribution in [0.25, 0.3) is 0 Å². The second-order valence-corrected chi connectivity index (χ2v) is 4.40. The van der Waals surface area contributed by atoms with Crippen molar-refractivity contribution in [2.24, 2.45) is 0 Å². The van der Waals surface area contributed by atoms with Gasteiger partial charge in [-0.2, -0.15) is 0 Å². The van der Waals surface area contributed by atoms with Crippen molar-refractivity contribution in [3.8, 4) is 0 Å². The molecular formula is C12H22N4O. The first-order chi connectivity index (χ1) is 8.02. The predicted molar refractivity (Wildman–Crippen MR) is 69.9 cm³/mol. The molecule has 1 rings (SSSR count). The minimum atomic E-state index is 0.506. The Morgan fingerprint density at radius 2 is 1.82 bits per heavy atom. The number of rotatable bonds is 5. The van der Waals surface area contributed by atoms with E-state index in [0.29, 0.717) is 35.9 Å². The van der Waals surface area contributed by atoms with Crippen LogP contribution in [0.3, 0.4) is 0 Å². The van der Waals surface area contributed by atoms with Crippen LogP contribution < -0.4 is 15.4 Å². The molecule has 5 nitrogen and oxygen atoms in total. The van der Waals surface area contributed by atoms with E-state index in [4.69, 9.17) is 5.73 Å². The molecule has 0 radical (unpaired) electrons. The lowest BCUT2D eigenvalue weighted by atomic mass is 10.2. The molecule has 1 aromatic rings. The first kappa shape index (κ1) is 13.5. The molecule has 96 valence electrons. The van der Waals surface area contributed by atoms with E-state index >= 15 is 0 Å². The van der Waals surface area contributed by atoms with Gasteiger partial charge in [-0.25, -0.2) is 4.73 Å². The SMILES string of the molecule is CCCc1nc(N(C)C)c(N)c(CCC)[n+]1[O-]. The Morgan fingerprint density at radius 1 is 1.24 bits per heavy atom. The number of hydrogen-bond acceptors (Lipinski definition) is 4. The van der Waals surface area contributed by atoms with E-state index in [2.05, 4.69) is 4.98 Å². The molecule has 0 unspecified atom stereocenters. The van der Waals surface area contributed by atoms with Gasteiger partial charge in [0.2, 0.25) is 0 Å². The van der Waals surface area contributed by atoms with E-state index in [9.17, 15) is 5.21 Å². The van der Waals surface area contributed by atoms with Gasteiger partial charge in [0, 0.05) is 20.5 Å². The van der Waals surface area contributed by atoms with Crippen molar-refractivity contribution < 1.29 is 4.73 Å². The van der Waals surface area contributed by atoms with Crippen molar-refractivity contribution >= 4 is 11.5 Å². The van der Waals surface area contributed by atoms with Gasteiger partial charge in [0.1, 0.15) is 11.4 Å². The van der Waals surface area contributed by atoms with E-state index in [1.807, 2.05) is 32.8 Å². The lowest BCUT2D eigenvalue weighted by Gasteiger charge is -2.18. The third-order valence-corrected chi connectivity index (χ3v) is 2.65. The molecule has 5 heteroatoms. The maximum Gasteiger partial charge on any atom is 0.304 e. The second-order valence-electron chi connectivity index (χ2n) is 4.40. The molecule has 0 spiro atoms. The zero-order valence-corrected chi connectivity index (χ0v) is 11.2. The third-order valence-electron chi connectivity index (χ3n) is 2.65. The van der Waals surface area contributed by atoms with Crippen LogP contribution in [0, 0.1) is 5.21 Å². The van der Waals surface area contributed by atoms with Gasteiger partial charge in [0.15, 0.2) is 0 Å². The van der Waals surface area contributed by atoms with E-state index in [1.54, 1.807) is 0 Å². The van der Waals surface area contributed by atoms with Crippen molar-refractivity contribution in [3.05, 3.63) is 16.7 Å². The number of aromatic nitrogens is 2. The van der Waals surface area contributed by atoms with Gasteiger partial charge in [-0.3, -0.25) is 0 Å². The zero-order valence-electron chi connectivity index (χ0n) is 11.2. The normalized spacial score (nSPS) is 10.6. The second kappa shape index (κ2) is 5.70. The van der Waals surface area contributed by atoms with Crippen LogP contribution in [0.5, 0.6) is 0 Å². The van der Waals surface area contributed by atoms with E-state index in [1.165, 1.54) is 0 Å². The molecule has 1 heterocycles. The standard InChI is InChI=1S/C12H22N4O/c1-5-7-9-11(13)12(15(3)4)14-10(8-6-2)16(9)17/h5-8,13H2,1-4H3. The van der Waals surface area contributed by atoms with Crippen LogP contribution in [0.4, 0.5) is 11.5 Å². The minimum Gasteiger partial charge on any atom is -0.710 e. The average molecular weight is 238 g/mol. The van der Waals surface area contributed by atoms with Gasteiger partial charge in [-0.1, -0.05) is 13.8 Å². The Labute approximate surface area is 103 Å². The highest BCUT2D eigenvalue weighted by Crippen LogP contribution is 2.22. The highest BCUT2D eigenvalue weighted by molar-refractivity contribution is 5.63. The Hall–Kier alpha value is -1.52. The summed E-state index contributed by atoms with van der Waals surface area (Å²) in [6.45, 7) is 4.07. The summed E-state index contributed by atoms with van der Waals surface area (Å²) >= 11 is 0. The summed E-state index contributed by atoms with van der Waals surface area (Å²) in [4.78, 5) is 6.21. The fraction of sp³-hybridized carbons (Fsp3) is 0.667. The summed E-state index contributed by atoms with van der Waals surface area (Å²) in [5.74, 6) is 1.26. The highest BCUT2D eigenvalue weighted by atomic mass is 16.5. The van der Waals surface area contributed by atoms with Crippen molar-refractivity contribution in [2.45, 2.75) is 39.5 Å². The summed E-state index contributed by atoms with van der Waals surface area (Å²) in [5, 5.41) is 12.1. The summed E-state index contributed by atoms with van der Waals surface area (Å²) < 4.78 is 0.912. The first-order valence-electron chi connectivity index (χ1n) is 6.11. The predicted octanol–water partition coefficient (Wildman–Crippen LogP) is 1.27. The Morgan fingerprint density at radius 3 is 2.29 bits per heavy atom. The molecule has 0 fully saturated rings. The molecule has 0 atom stereocenters. The summed E-state index contributed by atoms with van der Waals surface area (Å²) in [6.07, 6.45) is 3.17. The lowest BCUT2D eigenvalue weighted by Crippen LogP contribution is -2.40. The maximum atomic E-state index is 12.1. The number of nitrogens with zero attached hydrogens (tertiary/aromatic N) is 3. The Bertz CT molecular complexity index is 391. The van der Waals surface area contributed by atoms with Gasteiger partial charge < -0.3 is 15.8 Å². The molecule has 2 N–H and O–H groups in total. The summed E-state index contributed by atoms with van der Waals surface area (Å²) in [6, 6.07) is 0. The quantitative estimate of drug-likeness (QED) is 0.619. The molecule has 0 saturated carbocycles. The van der Waals surface area contributed by atoms with Crippen LogP contribution in [0.2, 0.25) is 0 Å². The fourth-order valence-electron chi connectivity index (χ4n) is 1.82. The lowest BCUT2D eigenvalue weighted by molar-refractivity contribution is -0.625. The topological polar surface area (TPSA) is 69.1 Å². The van der Waals surface area contributed by atoms with Gasteiger partial charge in [-0.05, 0) is 17.8 Å². The number of hydrogen-bond donors (Lipinski definition) is 1. The fourth-order valence-corrected chi connectivity index (χ4v) is 1.82. The molecule has 0 aromatic carbocycles. The van der Waals surface area contributed by atoms with Gasteiger partial charge in [0.05, 0.1) is 6.42 Å². The molecule has 1 aromatic heterocycles. The van der Waals surface area contributed by atoms with Crippen LogP contribution in [0.1, 0.15) is 38.2 Å². The molecular weight excluding hydrogens is 216 g/mol. The first-order valence-corrected chi connectivity index (χ1v) is 6.11. The molecule has 0 aliphatic heterocycles. The van der Waals surface area contributed by atoms with Crippen LogP contribution in [-0.4, -0.2) is 19.1 Å².